The molecule has 0 heterocycles. The molecule has 6 heteroatoms. The number of benzene rings is 1. The van der Waals surface area contributed by atoms with Crippen LogP contribution in [0.3, 0.4) is 0 Å². The maximum atomic E-state index is 12.5. The van der Waals surface area contributed by atoms with Crippen LogP contribution in [0.25, 0.3) is 0 Å². The Morgan fingerprint density at radius 3 is 2.33 bits per heavy atom. The van der Waals surface area contributed by atoms with Gasteiger partial charge in [-0.15, -0.1) is 0 Å². The lowest BCUT2D eigenvalue weighted by Crippen LogP contribution is -2.50. The molecule has 0 aromatic heterocycles. The lowest BCUT2D eigenvalue weighted by molar-refractivity contribution is -0.212. The topological polar surface area (TPSA) is 49.3 Å². The quantitative estimate of drug-likeness (QED) is 0.866. The standard InChI is InChI=1S/C12H14F3NO2/c1-8(17)16-10(11(18)12(13,14)15)7-9-5-3-2-4-6-9/h2-6,10-11,18H,7H2,1H3,(H,16,17). The van der Waals surface area contributed by atoms with Crippen molar-refractivity contribution >= 4 is 5.91 Å². The minimum absolute atomic E-state index is 0.0822. The minimum atomic E-state index is -4.76. The van der Waals surface area contributed by atoms with Crippen LogP contribution in [0.5, 0.6) is 0 Å². The number of alkyl halides is 3. The van der Waals surface area contributed by atoms with Crippen LogP contribution in [0.1, 0.15) is 12.5 Å². The summed E-state index contributed by atoms with van der Waals surface area (Å²) in [4.78, 5) is 10.9. The third kappa shape index (κ3) is 4.37. The number of amides is 1. The Balaban J connectivity index is 2.82. The predicted octanol–water partition coefficient (Wildman–Crippen LogP) is 1.66. The number of aliphatic hydroxyl groups excluding tert-OH is 1. The van der Waals surface area contributed by atoms with Gasteiger partial charge in [0.25, 0.3) is 0 Å². The molecule has 0 aliphatic heterocycles. The zero-order valence-corrected chi connectivity index (χ0v) is 9.74. The largest absolute Gasteiger partial charge is 0.416 e. The number of aliphatic hydroxyl groups is 1. The van der Waals surface area contributed by atoms with Crippen LogP contribution >= 0.6 is 0 Å². The molecule has 0 saturated carbocycles. The molecular formula is C12H14F3NO2. The molecule has 0 radical (unpaired) electrons. The second-order valence-electron chi connectivity index (χ2n) is 3.98. The molecule has 0 aliphatic rings. The number of hydrogen-bond acceptors (Lipinski definition) is 2. The van der Waals surface area contributed by atoms with Gasteiger partial charge in [0.05, 0.1) is 6.04 Å². The smallest absolute Gasteiger partial charge is 0.382 e. The molecular weight excluding hydrogens is 247 g/mol. The Morgan fingerprint density at radius 1 is 1.33 bits per heavy atom. The molecule has 1 amide bonds. The number of carbonyl (C=O) groups is 1. The third-order valence-electron chi connectivity index (χ3n) is 2.40. The van der Waals surface area contributed by atoms with Crippen LogP contribution in [-0.4, -0.2) is 29.3 Å². The van der Waals surface area contributed by atoms with Gasteiger partial charge in [-0.25, -0.2) is 0 Å². The summed E-state index contributed by atoms with van der Waals surface area (Å²) in [6, 6.07) is 6.98. The Labute approximate surface area is 103 Å². The van der Waals surface area contributed by atoms with Crippen molar-refractivity contribution in [3.63, 3.8) is 0 Å². The molecule has 1 aromatic rings. The van der Waals surface area contributed by atoms with Crippen molar-refractivity contribution in [2.45, 2.75) is 31.7 Å². The first-order valence-electron chi connectivity index (χ1n) is 5.36. The zero-order valence-electron chi connectivity index (χ0n) is 9.74. The second kappa shape index (κ2) is 5.86. The van der Waals surface area contributed by atoms with Crippen molar-refractivity contribution in [3.8, 4) is 0 Å². The van der Waals surface area contributed by atoms with Gasteiger partial charge < -0.3 is 10.4 Å². The van der Waals surface area contributed by atoms with Gasteiger partial charge >= 0.3 is 6.18 Å². The first-order chi connectivity index (χ1) is 8.30. The summed E-state index contributed by atoms with van der Waals surface area (Å²) in [7, 11) is 0. The maximum Gasteiger partial charge on any atom is 0.416 e. The van der Waals surface area contributed by atoms with Gasteiger partial charge in [0.2, 0.25) is 5.91 Å². The Bertz CT molecular complexity index is 392. The SMILES string of the molecule is CC(=O)NC(Cc1ccccc1)C(O)C(F)(F)F. The van der Waals surface area contributed by atoms with Crippen molar-refractivity contribution in [1.29, 1.82) is 0 Å². The summed E-state index contributed by atoms with van der Waals surface area (Å²) in [5.41, 5.74) is 0.611. The van der Waals surface area contributed by atoms with E-state index in [1.165, 1.54) is 0 Å². The minimum Gasteiger partial charge on any atom is -0.382 e. The lowest BCUT2D eigenvalue weighted by Gasteiger charge is -2.25. The summed E-state index contributed by atoms with van der Waals surface area (Å²) in [5, 5.41) is 11.3. The fraction of sp³-hybridized carbons (Fsp3) is 0.417. The van der Waals surface area contributed by atoms with E-state index in [9.17, 15) is 23.1 Å². The molecule has 2 atom stereocenters. The summed E-state index contributed by atoms with van der Waals surface area (Å²) >= 11 is 0. The van der Waals surface area contributed by atoms with Crippen LogP contribution < -0.4 is 5.32 Å². The number of hydrogen-bond donors (Lipinski definition) is 2. The summed E-state index contributed by atoms with van der Waals surface area (Å²) in [5.74, 6) is -0.612. The van der Waals surface area contributed by atoms with Crippen LogP contribution in [0.2, 0.25) is 0 Å². The molecule has 18 heavy (non-hydrogen) atoms. The molecule has 1 rings (SSSR count). The van der Waals surface area contributed by atoms with Gasteiger partial charge in [-0.3, -0.25) is 4.79 Å². The van der Waals surface area contributed by atoms with E-state index in [0.717, 1.165) is 6.92 Å². The monoisotopic (exact) mass is 261 g/mol. The van der Waals surface area contributed by atoms with Crippen molar-refractivity contribution in [2.75, 3.05) is 0 Å². The molecule has 0 aliphatic carbocycles. The van der Waals surface area contributed by atoms with E-state index in [0.29, 0.717) is 5.56 Å². The molecule has 2 N–H and O–H groups in total. The summed E-state index contributed by atoms with van der Waals surface area (Å²) in [6.45, 7) is 1.11. The molecule has 0 bridgehead atoms. The van der Waals surface area contributed by atoms with Crippen LogP contribution in [0.15, 0.2) is 30.3 Å². The fourth-order valence-electron chi connectivity index (χ4n) is 1.60. The second-order valence-corrected chi connectivity index (χ2v) is 3.98. The Kier molecular flexibility index (Phi) is 4.72. The summed E-state index contributed by atoms with van der Waals surface area (Å²) in [6.07, 6.45) is -7.43. The molecule has 0 fully saturated rings. The van der Waals surface area contributed by atoms with E-state index in [4.69, 9.17) is 0 Å². The summed E-state index contributed by atoms with van der Waals surface area (Å²) < 4.78 is 37.4. The van der Waals surface area contributed by atoms with Crippen LogP contribution in [0.4, 0.5) is 13.2 Å². The highest BCUT2D eigenvalue weighted by Crippen LogP contribution is 2.24. The Morgan fingerprint density at radius 2 is 1.89 bits per heavy atom. The van der Waals surface area contributed by atoms with Gasteiger partial charge in [-0.1, -0.05) is 30.3 Å². The van der Waals surface area contributed by atoms with Crippen molar-refractivity contribution < 1.29 is 23.1 Å². The van der Waals surface area contributed by atoms with Crippen LogP contribution in [-0.2, 0) is 11.2 Å². The van der Waals surface area contributed by atoms with E-state index in [2.05, 4.69) is 5.32 Å². The number of halogens is 3. The molecule has 3 nitrogen and oxygen atoms in total. The van der Waals surface area contributed by atoms with E-state index in [1.807, 2.05) is 0 Å². The first kappa shape index (κ1) is 14.5. The maximum absolute atomic E-state index is 12.5. The van der Waals surface area contributed by atoms with Crippen molar-refractivity contribution in [2.24, 2.45) is 0 Å². The highest BCUT2D eigenvalue weighted by molar-refractivity contribution is 5.73. The van der Waals surface area contributed by atoms with Gasteiger partial charge in [-0.2, -0.15) is 13.2 Å². The Hall–Kier alpha value is -1.56. The molecule has 100 valence electrons. The first-order valence-corrected chi connectivity index (χ1v) is 5.36. The normalized spacial score (nSPS) is 14.9. The van der Waals surface area contributed by atoms with Gasteiger partial charge in [0, 0.05) is 6.92 Å². The molecule has 1 aromatic carbocycles. The number of rotatable bonds is 4. The molecule has 0 saturated heterocycles. The van der Waals surface area contributed by atoms with Crippen LogP contribution in [0, 0.1) is 0 Å². The predicted molar refractivity (Wildman–Crippen MR) is 59.8 cm³/mol. The zero-order chi connectivity index (χ0) is 13.8. The fourth-order valence-corrected chi connectivity index (χ4v) is 1.60. The van der Waals surface area contributed by atoms with E-state index in [-0.39, 0.29) is 6.42 Å². The molecule has 0 spiro atoms. The number of nitrogens with one attached hydrogen (secondary N) is 1. The molecule has 2 unspecified atom stereocenters. The lowest BCUT2D eigenvalue weighted by atomic mass is 10.0. The van der Waals surface area contributed by atoms with Gasteiger partial charge in [0.1, 0.15) is 0 Å². The third-order valence-corrected chi connectivity index (χ3v) is 2.40. The van der Waals surface area contributed by atoms with Gasteiger partial charge in [-0.05, 0) is 12.0 Å². The van der Waals surface area contributed by atoms with Crippen molar-refractivity contribution in [3.05, 3.63) is 35.9 Å². The van der Waals surface area contributed by atoms with Crippen molar-refractivity contribution in [1.82, 2.24) is 5.32 Å². The van der Waals surface area contributed by atoms with E-state index < -0.39 is 24.2 Å². The number of carbonyl (C=O) groups excluding carboxylic acids is 1. The highest BCUT2D eigenvalue weighted by atomic mass is 19.4. The van der Waals surface area contributed by atoms with Gasteiger partial charge in [0.15, 0.2) is 6.10 Å². The average molecular weight is 261 g/mol. The average Bonchev–Trinajstić information content (AvgIpc) is 2.26. The highest BCUT2D eigenvalue weighted by Gasteiger charge is 2.43. The van der Waals surface area contributed by atoms with E-state index in [1.54, 1.807) is 30.3 Å². The van der Waals surface area contributed by atoms with E-state index >= 15 is 0 Å².